The van der Waals surface area contributed by atoms with Gasteiger partial charge in [-0.2, -0.15) is 0 Å². The van der Waals surface area contributed by atoms with Crippen molar-refractivity contribution in [2.45, 2.75) is 6.42 Å². The van der Waals surface area contributed by atoms with Crippen molar-refractivity contribution in [3.63, 3.8) is 0 Å². The lowest BCUT2D eigenvalue weighted by Gasteiger charge is -1.87. The van der Waals surface area contributed by atoms with Gasteiger partial charge in [-0.25, -0.2) is 4.79 Å². The van der Waals surface area contributed by atoms with E-state index in [1.807, 2.05) is 0 Å². The van der Waals surface area contributed by atoms with Crippen LogP contribution in [0.4, 0.5) is 0 Å². The van der Waals surface area contributed by atoms with Crippen LogP contribution in [0.25, 0.3) is 0 Å². The van der Waals surface area contributed by atoms with E-state index in [0.717, 1.165) is 11.8 Å². The van der Waals surface area contributed by atoms with E-state index in [1.165, 1.54) is 13.2 Å². The zero-order valence-corrected chi connectivity index (χ0v) is 6.85. The largest absolute Gasteiger partial charge is 0.466 e. The second-order valence-corrected chi connectivity index (χ2v) is 2.20. The summed E-state index contributed by atoms with van der Waals surface area (Å²) in [6.07, 6.45) is 4.04. The Bertz CT molecular complexity index is 110. The van der Waals surface area contributed by atoms with E-state index in [2.05, 4.69) is 20.7 Å². The summed E-state index contributed by atoms with van der Waals surface area (Å²) in [7, 11) is 1.36. The Kier molecular flexibility index (Phi) is 5.62. The number of carbonyl (C=O) groups is 1. The minimum absolute atomic E-state index is 0.295. The van der Waals surface area contributed by atoms with Crippen LogP contribution in [0, 0.1) is 0 Å². The first kappa shape index (κ1) is 8.69. The fraction of sp³-hybridized carbons (Fsp3) is 0.500. The number of methoxy groups -OCH3 is 1. The number of hydrogen-bond acceptors (Lipinski definition) is 2. The van der Waals surface area contributed by atoms with E-state index in [0.29, 0.717) is 0 Å². The van der Waals surface area contributed by atoms with Crippen LogP contribution in [0.2, 0.25) is 0 Å². The lowest BCUT2D eigenvalue weighted by atomic mass is 10.4. The van der Waals surface area contributed by atoms with Gasteiger partial charge in [0.15, 0.2) is 0 Å². The third-order valence-electron chi connectivity index (χ3n) is 0.731. The standard InChI is InChI=1S/C6H9BrO2/c1-9-6(8)4-2-3-5-7/h2,4H,3,5H2,1H3/b4-2+. The summed E-state index contributed by atoms with van der Waals surface area (Å²) in [5, 5.41) is 0.875. The zero-order valence-electron chi connectivity index (χ0n) is 5.26. The van der Waals surface area contributed by atoms with Gasteiger partial charge in [0.25, 0.3) is 0 Å². The number of halogens is 1. The van der Waals surface area contributed by atoms with E-state index < -0.39 is 0 Å². The number of rotatable bonds is 3. The summed E-state index contributed by atoms with van der Waals surface area (Å²) in [5.41, 5.74) is 0. The number of hydrogen-bond donors (Lipinski definition) is 0. The quantitative estimate of drug-likeness (QED) is 0.385. The normalized spacial score (nSPS) is 10.0. The first-order valence-corrected chi connectivity index (χ1v) is 3.74. The Morgan fingerprint density at radius 3 is 2.89 bits per heavy atom. The fourth-order valence-electron chi connectivity index (χ4n) is 0.311. The van der Waals surface area contributed by atoms with Crippen LogP contribution in [-0.2, 0) is 9.53 Å². The second-order valence-electron chi connectivity index (χ2n) is 1.40. The Morgan fingerprint density at radius 2 is 2.44 bits per heavy atom. The molecule has 0 aromatic rings. The van der Waals surface area contributed by atoms with Crippen molar-refractivity contribution in [3.8, 4) is 0 Å². The molecule has 0 bridgehead atoms. The van der Waals surface area contributed by atoms with Gasteiger partial charge in [0.05, 0.1) is 7.11 Å². The van der Waals surface area contributed by atoms with Crippen molar-refractivity contribution in [2.75, 3.05) is 12.4 Å². The highest BCUT2D eigenvalue weighted by Crippen LogP contribution is 1.89. The summed E-state index contributed by atoms with van der Waals surface area (Å²) >= 11 is 3.22. The molecule has 0 heterocycles. The Labute approximate surface area is 63.0 Å². The van der Waals surface area contributed by atoms with Crippen LogP contribution in [0.5, 0.6) is 0 Å². The molecule has 0 amide bonds. The van der Waals surface area contributed by atoms with Gasteiger partial charge in [-0.15, -0.1) is 0 Å². The van der Waals surface area contributed by atoms with Crippen LogP contribution in [0.15, 0.2) is 12.2 Å². The lowest BCUT2D eigenvalue weighted by molar-refractivity contribution is -0.134. The van der Waals surface area contributed by atoms with Crippen molar-refractivity contribution in [1.82, 2.24) is 0 Å². The third kappa shape index (κ3) is 5.56. The molecule has 0 aliphatic rings. The molecule has 0 spiro atoms. The van der Waals surface area contributed by atoms with Crippen molar-refractivity contribution in [1.29, 1.82) is 0 Å². The summed E-state index contributed by atoms with van der Waals surface area (Å²) in [6.45, 7) is 0. The maximum atomic E-state index is 10.4. The summed E-state index contributed by atoms with van der Waals surface area (Å²) in [6, 6.07) is 0. The van der Waals surface area contributed by atoms with E-state index in [-0.39, 0.29) is 5.97 Å². The van der Waals surface area contributed by atoms with Crippen molar-refractivity contribution < 1.29 is 9.53 Å². The van der Waals surface area contributed by atoms with Crippen LogP contribution >= 0.6 is 15.9 Å². The Morgan fingerprint density at radius 1 is 1.78 bits per heavy atom. The van der Waals surface area contributed by atoms with Gasteiger partial charge in [-0.1, -0.05) is 22.0 Å². The van der Waals surface area contributed by atoms with Gasteiger partial charge in [-0.3, -0.25) is 0 Å². The molecule has 52 valence electrons. The van der Waals surface area contributed by atoms with Gasteiger partial charge in [-0.05, 0) is 6.42 Å². The molecule has 0 aromatic carbocycles. The first-order chi connectivity index (χ1) is 4.31. The van der Waals surface area contributed by atoms with E-state index >= 15 is 0 Å². The molecule has 9 heavy (non-hydrogen) atoms. The predicted octanol–water partition coefficient (Wildman–Crippen LogP) is 1.50. The molecule has 0 rings (SSSR count). The van der Waals surface area contributed by atoms with Gasteiger partial charge in [0.1, 0.15) is 0 Å². The van der Waals surface area contributed by atoms with Gasteiger partial charge in [0.2, 0.25) is 0 Å². The molecule has 0 atom stereocenters. The van der Waals surface area contributed by atoms with E-state index in [1.54, 1.807) is 6.08 Å². The minimum atomic E-state index is -0.295. The number of esters is 1. The molecule has 0 radical (unpaired) electrons. The van der Waals surface area contributed by atoms with Crippen LogP contribution < -0.4 is 0 Å². The topological polar surface area (TPSA) is 26.3 Å². The van der Waals surface area contributed by atoms with E-state index in [9.17, 15) is 4.79 Å². The van der Waals surface area contributed by atoms with Crippen molar-refractivity contribution >= 4 is 21.9 Å². The zero-order chi connectivity index (χ0) is 7.11. The average Bonchev–Trinajstić information content (AvgIpc) is 1.89. The molecule has 0 fully saturated rings. The molecule has 0 aromatic heterocycles. The molecule has 2 nitrogen and oxygen atoms in total. The Balaban J connectivity index is 3.32. The van der Waals surface area contributed by atoms with Crippen LogP contribution in [0.3, 0.4) is 0 Å². The summed E-state index contributed by atoms with van der Waals surface area (Å²) < 4.78 is 4.36. The smallest absolute Gasteiger partial charge is 0.330 e. The lowest BCUT2D eigenvalue weighted by Crippen LogP contribution is -1.93. The monoisotopic (exact) mass is 192 g/mol. The maximum absolute atomic E-state index is 10.4. The van der Waals surface area contributed by atoms with Crippen LogP contribution in [0.1, 0.15) is 6.42 Å². The molecule has 0 saturated carbocycles. The molecule has 0 aliphatic carbocycles. The Hall–Kier alpha value is -0.310. The van der Waals surface area contributed by atoms with Crippen molar-refractivity contribution in [2.24, 2.45) is 0 Å². The van der Waals surface area contributed by atoms with Crippen LogP contribution in [-0.4, -0.2) is 18.4 Å². The van der Waals surface area contributed by atoms with Gasteiger partial charge in [0, 0.05) is 11.4 Å². The average molecular weight is 193 g/mol. The van der Waals surface area contributed by atoms with Gasteiger partial charge >= 0.3 is 5.97 Å². The van der Waals surface area contributed by atoms with Crippen molar-refractivity contribution in [3.05, 3.63) is 12.2 Å². The highest BCUT2D eigenvalue weighted by molar-refractivity contribution is 9.09. The SMILES string of the molecule is COC(=O)/C=C/CCBr. The number of alkyl halides is 1. The number of carbonyl (C=O) groups excluding carboxylic acids is 1. The molecule has 0 saturated heterocycles. The molecular formula is C6H9BrO2. The molecule has 0 aliphatic heterocycles. The molecular weight excluding hydrogens is 184 g/mol. The summed E-state index contributed by atoms with van der Waals surface area (Å²) in [5.74, 6) is -0.295. The highest BCUT2D eigenvalue weighted by atomic mass is 79.9. The number of allylic oxidation sites excluding steroid dienone is 1. The molecule has 0 N–H and O–H groups in total. The molecule has 0 unspecified atom stereocenters. The second kappa shape index (κ2) is 5.82. The first-order valence-electron chi connectivity index (χ1n) is 2.61. The fourth-order valence-corrected chi connectivity index (χ4v) is 0.575. The third-order valence-corrected chi connectivity index (χ3v) is 1.19. The maximum Gasteiger partial charge on any atom is 0.330 e. The highest BCUT2D eigenvalue weighted by Gasteiger charge is 1.87. The summed E-state index contributed by atoms with van der Waals surface area (Å²) in [4.78, 5) is 10.4. The van der Waals surface area contributed by atoms with Gasteiger partial charge < -0.3 is 4.74 Å². The minimum Gasteiger partial charge on any atom is -0.466 e. The predicted molar refractivity (Wildman–Crippen MR) is 39.6 cm³/mol. The molecule has 3 heteroatoms. The van der Waals surface area contributed by atoms with E-state index in [4.69, 9.17) is 0 Å². The number of ether oxygens (including phenoxy) is 1.